The first-order valence-electron chi connectivity index (χ1n) is 14.2. The minimum Gasteiger partial charge on any atom is -0.465 e. The van der Waals surface area contributed by atoms with E-state index in [-0.39, 0.29) is 23.5 Å². The second-order valence-electron chi connectivity index (χ2n) is 11.3. The summed E-state index contributed by atoms with van der Waals surface area (Å²) in [5.41, 5.74) is 2.34. The van der Waals surface area contributed by atoms with Crippen LogP contribution in [-0.2, 0) is 30.8 Å². The molecule has 1 unspecified atom stereocenters. The molecule has 3 aromatic carbocycles. The number of nitrogens with one attached hydrogen (secondary N) is 1. The number of anilines is 2. The Kier molecular flexibility index (Phi) is 9.60. The van der Waals surface area contributed by atoms with Gasteiger partial charge in [0.25, 0.3) is 0 Å². The highest BCUT2D eigenvalue weighted by Gasteiger charge is 2.43. The van der Waals surface area contributed by atoms with E-state index in [1.165, 1.54) is 35.8 Å². The van der Waals surface area contributed by atoms with Crippen LogP contribution in [0.2, 0.25) is 0 Å². The lowest BCUT2D eigenvalue weighted by Gasteiger charge is -2.37. The van der Waals surface area contributed by atoms with Gasteiger partial charge in [-0.2, -0.15) is 5.26 Å². The molecule has 0 aromatic heterocycles. The number of fused-ring (bicyclic) bond motifs is 2. The molecule has 0 aliphatic carbocycles. The Hall–Kier alpha value is -4.80. The SMILES string of the molecule is Cc1ccc2ccccc2c1CN1C(=O)[C@@H](N[C@H](C)N(C(=O)O)C(C)C=O)[C@H](C)N(C(=O)CS(C)(=O)=O)c2cc(C#N)ccc21. The molecule has 45 heavy (non-hydrogen) atoms. The van der Waals surface area contributed by atoms with Gasteiger partial charge < -0.3 is 19.7 Å². The first-order valence-corrected chi connectivity index (χ1v) is 16.3. The summed E-state index contributed by atoms with van der Waals surface area (Å²) in [6, 6.07) is 14.7. The number of sulfone groups is 1. The summed E-state index contributed by atoms with van der Waals surface area (Å²) in [6.07, 6.45) is -1.10. The Morgan fingerprint density at radius 3 is 2.44 bits per heavy atom. The third-order valence-corrected chi connectivity index (χ3v) is 8.79. The minimum atomic E-state index is -3.81. The fourth-order valence-corrected chi connectivity index (χ4v) is 6.40. The lowest BCUT2D eigenvalue weighted by atomic mass is 9.98. The molecule has 0 radical (unpaired) electrons. The number of carbonyl (C=O) groups is 4. The molecule has 13 heteroatoms. The molecule has 0 saturated carbocycles. The molecule has 0 spiro atoms. The van der Waals surface area contributed by atoms with Gasteiger partial charge in [-0.3, -0.25) is 19.8 Å². The highest BCUT2D eigenvalue weighted by molar-refractivity contribution is 7.91. The molecule has 12 nitrogen and oxygen atoms in total. The maximum absolute atomic E-state index is 14.7. The van der Waals surface area contributed by atoms with Gasteiger partial charge in [-0.25, -0.2) is 13.2 Å². The van der Waals surface area contributed by atoms with Crippen LogP contribution in [0, 0.1) is 18.3 Å². The molecule has 1 heterocycles. The van der Waals surface area contributed by atoms with Gasteiger partial charge in [0.1, 0.15) is 18.1 Å². The van der Waals surface area contributed by atoms with Crippen molar-refractivity contribution in [3.8, 4) is 6.07 Å². The van der Waals surface area contributed by atoms with Crippen LogP contribution in [0.3, 0.4) is 0 Å². The van der Waals surface area contributed by atoms with E-state index >= 15 is 0 Å². The predicted molar refractivity (Wildman–Crippen MR) is 169 cm³/mol. The number of carboxylic acid groups (broad SMARTS) is 1. The van der Waals surface area contributed by atoms with Crippen LogP contribution < -0.4 is 15.1 Å². The summed E-state index contributed by atoms with van der Waals surface area (Å²) in [4.78, 5) is 55.6. The number of nitriles is 1. The summed E-state index contributed by atoms with van der Waals surface area (Å²) in [5, 5.41) is 24.5. The van der Waals surface area contributed by atoms with Crippen molar-refractivity contribution in [1.82, 2.24) is 10.2 Å². The van der Waals surface area contributed by atoms with E-state index in [0.29, 0.717) is 6.29 Å². The van der Waals surface area contributed by atoms with Gasteiger partial charge in [0, 0.05) is 6.26 Å². The van der Waals surface area contributed by atoms with E-state index in [4.69, 9.17) is 0 Å². The molecule has 0 bridgehead atoms. The zero-order valence-corrected chi connectivity index (χ0v) is 26.4. The third kappa shape index (κ3) is 6.82. The molecule has 4 atom stereocenters. The van der Waals surface area contributed by atoms with Crippen LogP contribution in [0.15, 0.2) is 54.6 Å². The van der Waals surface area contributed by atoms with Gasteiger partial charge in [0.15, 0.2) is 9.84 Å². The topological polar surface area (TPSA) is 168 Å². The standard InChI is InChI=1S/C32H35N5O7S/c1-19-10-12-24-8-6-7-9-25(24)26(19)16-35-27-13-11-23(15-33)14-28(27)37(29(39)18-45(5,43)44)21(3)30(31(35)40)34-22(4)36(32(41)42)20(2)17-38/h6-14,17,20-22,30,34H,16,18H2,1-5H3,(H,41,42)/t20?,21-,22-,30-/m0/s1. The maximum atomic E-state index is 14.7. The Labute approximate surface area is 261 Å². The van der Waals surface area contributed by atoms with E-state index in [1.807, 2.05) is 49.4 Å². The largest absolute Gasteiger partial charge is 0.465 e. The van der Waals surface area contributed by atoms with Gasteiger partial charge in [0.2, 0.25) is 11.8 Å². The molecule has 3 aromatic rings. The van der Waals surface area contributed by atoms with Crippen molar-refractivity contribution in [3.05, 3.63) is 71.3 Å². The predicted octanol–water partition coefficient (Wildman–Crippen LogP) is 3.20. The van der Waals surface area contributed by atoms with Crippen molar-refractivity contribution in [3.63, 3.8) is 0 Å². The number of nitrogens with zero attached hydrogens (tertiary/aromatic N) is 4. The van der Waals surface area contributed by atoms with Crippen LogP contribution in [0.4, 0.5) is 16.2 Å². The summed E-state index contributed by atoms with van der Waals surface area (Å²) < 4.78 is 24.6. The van der Waals surface area contributed by atoms with E-state index in [2.05, 4.69) is 5.32 Å². The van der Waals surface area contributed by atoms with Gasteiger partial charge in [-0.1, -0.05) is 36.4 Å². The first kappa shape index (κ1) is 33.1. The second kappa shape index (κ2) is 13.1. The molecule has 1 aliphatic heterocycles. The van der Waals surface area contributed by atoms with Crippen LogP contribution >= 0.6 is 0 Å². The molecule has 4 rings (SSSR count). The second-order valence-corrected chi connectivity index (χ2v) is 13.4. The van der Waals surface area contributed by atoms with Crippen LogP contribution in [0.1, 0.15) is 37.5 Å². The summed E-state index contributed by atoms with van der Waals surface area (Å²) in [7, 11) is -3.81. The van der Waals surface area contributed by atoms with Crippen LogP contribution in [-0.4, -0.2) is 78.9 Å². The van der Waals surface area contributed by atoms with Gasteiger partial charge in [-0.05, 0) is 67.8 Å². The number of hydrogen-bond donors (Lipinski definition) is 2. The molecule has 0 saturated heterocycles. The monoisotopic (exact) mass is 633 g/mol. The van der Waals surface area contributed by atoms with Crippen molar-refractivity contribution >= 4 is 56.2 Å². The first-order chi connectivity index (χ1) is 21.2. The van der Waals surface area contributed by atoms with Crippen molar-refractivity contribution in [2.75, 3.05) is 21.8 Å². The number of aryl methyl sites for hydroxylation is 1. The highest BCUT2D eigenvalue weighted by atomic mass is 32.2. The highest BCUT2D eigenvalue weighted by Crippen LogP contribution is 2.38. The maximum Gasteiger partial charge on any atom is 0.409 e. The Balaban J connectivity index is 1.95. The number of benzene rings is 3. The molecule has 3 amide bonds. The van der Waals surface area contributed by atoms with E-state index in [0.717, 1.165) is 33.1 Å². The van der Waals surface area contributed by atoms with Crippen LogP contribution in [0.25, 0.3) is 10.8 Å². The number of rotatable bonds is 9. The Bertz CT molecular complexity index is 1820. The number of carbonyl (C=O) groups excluding carboxylic acids is 3. The van der Waals surface area contributed by atoms with Crippen molar-refractivity contribution in [1.29, 1.82) is 5.26 Å². The lowest BCUT2D eigenvalue weighted by molar-refractivity contribution is -0.122. The van der Waals surface area contributed by atoms with Gasteiger partial charge in [-0.15, -0.1) is 0 Å². The number of amides is 3. The van der Waals surface area contributed by atoms with E-state index in [9.17, 15) is 38.0 Å². The summed E-state index contributed by atoms with van der Waals surface area (Å²) in [6.45, 7) is 6.38. The van der Waals surface area contributed by atoms with Crippen molar-refractivity contribution in [2.45, 2.75) is 58.5 Å². The minimum absolute atomic E-state index is 0.0473. The van der Waals surface area contributed by atoms with Crippen molar-refractivity contribution < 1.29 is 32.7 Å². The molecule has 236 valence electrons. The Morgan fingerprint density at radius 1 is 1.13 bits per heavy atom. The van der Waals surface area contributed by atoms with E-state index in [1.54, 1.807) is 13.0 Å². The molecular formula is C32H35N5O7S. The molecular weight excluding hydrogens is 598 g/mol. The molecule has 1 aliphatic rings. The fraction of sp³-hybridized carbons (Fsp3) is 0.344. The van der Waals surface area contributed by atoms with E-state index < -0.39 is 57.8 Å². The zero-order valence-electron chi connectivity index (χ0n) is 25.6. The average Bonchev–Trinajstić information content (AvgIpc) is 3.05. The average molecular weight is 634 g/mol. The van der Waals surface area contributed by atoms with Gasteiger partial charge in [0.05, 0.1) is 47.8 Å². The number of hydrogen-bond acceptors (Lipinski definition) is 8. The zero-order chi connectivity index (χ0) is 33.2. The van der Waals surface area contributed by atoms with Gasteiger partial charge >= 0.3 is 6.09 Å². The summed E-state index contributed by atoms with van der Waals surface area (Å²) >= 11 is 0. The summed E-state index contributed by atoms with van der Waals surface area (Å²) in [5.74, 6) is -2.21. The quantitative estimate of drug-likeness (QED) is 0.266. The normalized spacial score (nSPS) is 18.0. The molecule has 2 N–H and O–H groups in total. The van der Waals surface area contributed by atoms with Crippen molar-refractivity contribution in [2.24, 2.45) is 0 Å². The lowest BCUT2D eigenvalue weighted by Crippen LogP contribution is -2.62. The Morgan fingerprint density at radius 2 is 1.82 bits per heavy atom. The smallest absolute Gasteiger partial charge is 0.409 e. The molecule has 0 fully saturated rings. The third-order valence-electron chi connectivity index (χ3n) is 8.02. The fourth-order valence-electron chi connectivity index (χ4n) is 5.82. The number of aldehydes is 1. The van der Waals surface area contributed by atoms with Crippen LogP contribution in [0.5, 0.6) is 0 Å².